The van der Waals surface area contributed by atoms with Crippen LogP contribution in [0.2, 0.25) is 0 Å². The number of carbonyl (C=O) groups is 2. The van der Waals surface area contributed by atoms with Crippen molar-refractivity contribution in [2.45, 2.75) is 57.8 Å². The van der Waals surface area contributed by atoms with E-state index in [1.807, 2.05) is 54.8 Å². The molecule has 0 radical (unpaired) electrons. The second kappa shape index (κ2) is 13.4. The molecule has 0 unspecified atom stereocenters. The third kappa shape index (κ3) is 7.28. The van der Waals surface area contributed by atoms with Gasteiger partial charge in [0, 0.05) is 35.8 Å². The van der Waals surface area contributed by atoms with Gasteiger partial charge in [0.2, 0.25) is 0 Å². The van der Waals surface area contributed by atoms with Crippen LogP contribution in [0.5, 0.6) is 0 Å². The number of hydrogen-bond acceptors (Lipinski definition) is 5. The molecule has 7 nitrogen and oxygen atoms in total. The highest BCUT2D eigenvalue weighted by molar-refractivity contribution is 6.08. The van der Waals surface area contributed by atoms with Crippen molar-refractivity contribution in [2.75, 3.05) is 5.32 Å². The summed E-state index contributed by atoms with van der Waals surface area (Å²) in [4.78, 5) is 24.3. The number of halogens is 1. The molecule has 0 aliphatic rings. The van der Waals surface area contributed by atoms with E-state index in [0.717, 1.165) is 28.1 Å². The quantitative estimate of drug-likeness (QED) is 0.227. The summed E-state index contributed by atoms with van der Waals surface area (Å²) in [5, 5.41) is 34.7. The molecule has 0 aliphatic heterocycles. The van der Waals surface area contributed by atoms with E-state index in [1.165, 1.54) is 12.1 Å². The second-order valence-electron chi connectivity index (χ2n) is 10.4. The Bertz CT molecular complexity index is 1470. The molecule has 0 bridgehead atoms. The SMILES string of the molecule is CC(C)c1c(NC(=O)c2ccccc2)c(-c2ccccc2)c(-c2ccc(F)cc2)n1CC[C@@H](O)C[C@@H](O)CC(=O)[O-]. The number of aliphatic carboxylic acids is 1. The third-order valence-electron chi connectivity index (χ3n) is 6.94. The number of carbonyl (C=O) groups excluding carboxylic acids is 2. The molecule has 0 saturated heterocycles. The number of rotatable bonds is 12. The minimum atomic E-state index is -1.39. The van der Waals surface area contributed by atoms with Crippen molar-refractivity contribution < 1.29 is 29.3 Å². The Morgan fingerprint density at radius 3 is 2.07 bits per heavy atom. The van der Waals surface area contributed by atoms with Gasteiger partial charge < -0.3 is 30.0 Å². The van der Waals surface area contributed by atoms with Gasteiger partial charge in [-0.3, -0.25) is 4.79 Å². The van der Waals surface area contributed by atoms with Crippen LogP contribution in [0.15, 0.2) is 84.9 Å². The smallest absolute Gasteiger partial charge is 0.255 e. The highest BCUT2D eigenvalue weighted by Crippen LogP contribution is 2.45. The summed E-state index contributed by atoms with van der Waals surface area (Å²) in [5.41, 5.74) is 5.00. The number of amides is 1. The Labute approximate surface area is 238 Å². The van der Waals surface area contributed by atoms with Crippen molar-refractivity contribution in [1.29, 1.82) is 0 Å². The van der Waals surface area contributed by atoms with Crippen LogP contribution in [0, 0.1) is 5.82 Å². The van der Waals surface area contributed by atoms with Crippen LogP contribution >= 0.6 is 0 Å². The van der Waals surface area contributed by atoms with Crippen LogP contribution < -0.4 is 10.4 Å². The standard InChI is InChI=1S/C33H35FN2O5/c1-21(2)31-30(35-33(41)24-11-7-4-8-12-24)29(22-9-5-3-6-10-22)32(23-13-15-25(34)16-14-23)36(31)18-17-26(37)19-27(38)20-28(39)40/h3-16,21,26-27,37-38H,17-20H2,1-2H3,(H,35,41)(H,39,40)/p-1/t26-,27-/m1/s1. The van der Waals surface area contributed by atoms with Crippen molar-refractivity contribution in [1.82, 2.24) is 4.57 Å². The third-order valence-corrected chi connectivity index (χ3v) is 6.94. The Balaban J connectivity index is 1.88. The molecule has 4 rings (SSSR count). The van der Waals surface area contributed by atoms with Gasteiger partial charge >= 0.3 is 0 Å². The van der Waals surface area contributed by atoms with E-state index in [2.05, 4.69) is 5.32 Å². The molecular formula is C33H34FN2O5-. The van der Waals surface area contributed by atoms with Gasteiger partial charge in [-0.1, -0.05) is 62.4 Å². The van der Waals surface area contributed by atoms with E-state index in [9.17, 15) is 29.3 Å². The zero-order valence-electron chi connectivity index (χ0n) is 23.1. The first-order valence-electron chi connectivity index (χ1n) is 13.7. The van der Waals surface area contributed by atoms with Gasteiger partial charge in [-0.2, -0.15) is 0 Å². The van der Waals surface area contributed by atoms with Crippen molar-refractivity contribution in [3.05, 3.63) is 102 Å². The molecule has 0 aliphatic carbocycles. The molecule has 4 aromatic rings. The van der Waals surface area contributed by atoms with Crippen LogP contribution in [-0.4, -0.2) is 38.9 Å². The van der Waals surface area contributed by atoms with Gasteiger partial charge in [0.1, 0.15) is 5.82 Å². The van der Waals surface area contributed by atoms with Crippen molar-refractivity contribution in [3.63, 3.8) is 0 Å². The van der Waals surface area contributed by atoms with E-state index in [1.54, 1.807) is 36.4 Å². The Kier molecular flexibility index (Phi) is 9.70. The Hall–Kier alpha value is -4.27. The molecule has 0 fully saturated rings. The van der Waals surface area contributed by atoms with Crippen LogP contribution in [0.1, 0.15) is 55.1 Å². The lowest BCUT2D eigenvalue weighted by Gasteiger charge is -2.20. The van der Waals surface area contributed by atoms with E-state index >= 15 is 0 Å². The number of carboxylic acid groups (broad SMARTS) is 1. The van der Waals surface area contributed by atoms with Crippen molar-refractivity contribution >= 4 is 17.6 Å². The lowest BCUT2D eigenvalue weighted by molar-refractivity contribution is -0.307. The fourth-order valence-corrected chi connectivity index (χ4v) is 5.15. The zero-order chi connectivity index (χ0) is 29.5. The summed E-state index contributed by atoms with van der Waals surface area (Å²) >= 11 is 0. The number of aliphatic hydroxyl groups is 2. The van der Waals surface area contributed by atoms with E-state index in [4.69, 9.17) is 0 Å². The average molecular weight is 558 g/mol. The molecule has 1 amide bonds. The van der Waals surface area contributed by atoms with Crippen molar-refractivity contribution in [3.8, 4) is 22.4 Å². The summed E-state index contributed by atoms with van der Waals surface area (Å²) in [7, 11) is 0. The predicted octanol–water partition coefficient (Wildman–Crippen LogP) is 4.98. The van der Waals surface area contributed by atoms with Gasteiger partial charge in [-0.15, -0.1) is 0 Å². The van der Waals surface area contributed by atoms with Crippen molar-refractivity contribution in [2.24, 2.45) is 0 Å². The molecule has 1 heterocycles. The number of aliphatic hydroxyl groups excluding tert-OH is 2. The van der Waals surface area contributed by atoms with Gasteiger partial charge in [0.05, 0.1) is 23.6 Å². The molecule has 8 heteroatoms. The van der Waals surface area contributed by atoms with Crippen LogP contribution in [-0.2, 0) is 11.3 Å². The first-order chi connectivity index (χ1) is 19.7. The molecule has 3 N–H and O–H groups in total. The summed E-state index contributed by atoms with van der Waals surface area (Å²) in [5.74, 6) is -2.12. The van der Waals surface area contributed by atoms with Gasteiger partial charge in [0.15, 0.2) is 0 Å². The molecule has 1 aromatic heterocycles. The highest BCUT2D eigenvalue weighted by atomic mass is 19.1. The summed E-state index contributed by atoms with van der Waals surface area (Å²) in [6.07, 6.45) is -2.71. The topological polar surface area (TPSA) is 115 Å². The Morgan fingerprint density at radius 2 is 1.49 bits per heavy atom. The minimum Gasteiger partial charge on any atom is -0.550 e. The average Bonchev–Trinajstić information content (AvgIpc) is 3.26. The zero-order valence-corrected chi connectivity index (χ0v) is 23.1. The first-order valence-corrected chi connectivity index (χ1v) is 13.7. The maximum Gasteiger partial charge on any atom is 0.255 e. The van der Waals surface area contributed by atoms with Crippen LogP contribution in [0.3, 0.4) is 0 Å². The number of nitrogens with zero attached hydrogens (tertiary/aromatic N) is 1. The van der Waals surface area contributed by atoms with E-state index < -0.39 is 24.6 Å². The molecule has 3 aromatic carbocycles. The molecule has 41 heavy (non-hydrogen) atoms. The first kappa shape index (κ1) is 29.7. The fraction of sp³-hybridized carbons (Fsp3) is 0.273. The predicted molar refractivity (Wildman–Crippen MR) is 155 cm³/mol. The summed E-state index contributed by atoms with van der Waals surface area (Å²) in [6.45, 7) is 4.31. The second-order valence-corrected chi connectivity index (χ2v) is 10.4. The maximum atomic E-state index is 14.0. The lowest BCUT2D eigenvalue weighted by Crippen LogP contribution is -2.29. The van der Waals surface area contributed by atoms with Gasteiger partial charge in [0.25, 0.3) is 5.91 Å². The van der Waals surface area contributed by atoms with E-state index in [0.29, 0.717) is 17.8 Å². The minimum absolute atomic E-state index is 0.0708. The number of anilines is 1. The number of benzene rings is 3. The lowest BCUT2D eigenvalue weighted by atomic mass is 9.98. The summed E-state index contributed by atoms with van der Waals surface area (Å²) < 4.78 is 16.0. The maximum absolute atomic E-state index is 14.0. The fourth-order valence-electron chi connectivity index (χ4n) is 5.15. The molecular weight excluding hydrogens is 523 g/mol. The molecule has 2 atom stereocenters. The number of hydrogen-bond donors (Lipinski definition) is 3. The molecule has 214 valence electrons. The molecule has 0 saturated carbocycles. The highest BCUT2D eigenvalue weighted by Gasteiger charge is 2.28. The van der Waals surface area contributed by atoms with Gasteiger partial charge in [-0.05, 0) is 66.3 Å². The largest absolute Gasteiger partial charge is 0.550 e. The number of carboxylic acids is 1. The van der Waals surface area contributed by atoms with Gasteiger partial charge in [-0.25, -0.2) is 4.39 Å². The Morgan fingerprint density at radius 1 is 0.878 bits per heavy atom. The van der Waals surface area contributed by atoms with E-state index in [-0.39, 0.29) is 30.5 Å². The molecule has 0 spiro atoms. The van der Waals surface area contributed by atoms with Crippen LogP contribution in [0.25, 0.3) is 22.4 Å². The monoisotopic (exact) mass is 557 g/mol. The summed E-state index contributed by atoms with van der Waals surface area (Å²) in [6, 6.07) is 24.6. The van der Waals surface area contributed by atoms with Crippen LogP contribution in [0.4, 0.5) is 10.1 Å². The normalized spacial score (nSPS) is 12.7. The number of aromatic nitrogens is 1. The number of nitrogens with one attached hydrogen (secondary N) is 1.